The fraction of sp³-hybridized carbons (Fsp3) is 0.227. The van der Waals surface area contributed by atoms with Gasteiger partial charge in [0.2, 0.25) is 5.91 Å². The Bertz CT molecular complexity index is 1180. The molecule has 1 saturated heterocycles. The summed E-state index contributed by atoms with van der Waals surface area (Å²) in [6, 6.07) is 12.1. The standard InChI is InChI=1S/C22H20N4O3/c1-25-10-8-13-11-14(4-7-18(13)25)20(27)23-15-5-6-17-16(12-15)22(29)26-9-2-3-19(26)21(28)24-17/h4-8,10-12,19H,2-3,9H2,1H3,(H,23,27)(H,24,28). The van der Waals surface area contributed by atoms with Crippen LogP contribution < -0.4 is 10.6 Å². The summed E-state index contributed by atoms with van der Waals surface area (Å²) >= 11 is 0. The van der Waals surface area contributed by atoms with Gasteiger partial charge in [-0.15, -0.1) is 0 Å². The highest BCUT2D eigenvalue weighted by Gasteiger charge is 2.38. The van der Waals surface area contributed by atoms with E-state index in [1.165, 1.54) is 0 Å². The largest absolute Gasteiger partial charge is 0.351 e. The van der Waals surface area contributed by atoms with Gasteiger partial charge in [-0.3, -0.25) is 14.4 Å². The van der Waals surface area contributed by atoms with E-state index in [9.17, 15) is 14.4 Å². The molecule has 2 N–H and O–H groups in total. The van der Waals surface area contributed by atoms with Crippen molar-refractivity contribution >= 4 is 40.0 Å². The first-order chi connectivity index (χ1) is 14.0. The van der Waals surface area contributed by atoms with Crippen molar-refractivity contribution in [1.82, 2.24) is 9.47 Å². The number of carbonyl (C=O) groups is 3. The second-order valence-electron chi connectivity index (χ2n) is 7.56. The van der Waals surface area contributed by atoms with E-state index in [1.54, 1.807) is 29.2 Å². The molecule has 3 heterocycles. The molecule has 2 aromatic carbocycles. The first-order valence-corrected chi connectivity index (χ1v) is 9.63. The van der Waals surface area contributed by atoms with Crippen LogP contribution in [0.3, 0.4) is 0 Å². The molecule has 29 heavy (non-hydrogen) atoms. The zero-order valence-corrected chi connectivity index (χ0v) is 15.9. The topological polar surface area (TPSA) is 83.4 Å². The van der Waals surface area contributed by atoms with Crippen molar-refractivity contribution in [2.75, 3.05) is 17.2 Å². The molecule has 1 fully saturated rings. The molecule has 7 heteroatoms. The average molecular weight is 388 g/mol. The Balaban J connectivity index is 1.43. The smallest absolute Gasteiger partial charge is 0.256 e. The Kier molecular flexibility index (Phi) is 3.91. The van der Waals surface area contributed by atoms with Crippen molar-refractivity contribution in [2.45, 2.75) is 18.9 Å². The van der Waals surface area contributed by atoms with Crippen LogP contribution >= 0.6 is 0 Å². The minimum absolute atomic E-state index is 0.150. The molecule has 2 aliphatic heterocycles. The van der Waals surface area contributed by atoms with E-state index >= 15 is 0 Å². The molecule has 0 saturated carbocycles. The third-order valence-corrected chi connectivity index (χ3v) is 5.73. The van der Waals surface area contributed by atoms with Gasteiger partial charge in [0.15, 0.2) is 0 Å². The maximum atomic E-state index is 12.9. The third kappa shape index (κ3) is 2.86. The lowest BCUT2D eigenvalue weighted by atomic mass is 10.1. The van der Waals surface area contributed by atoms with E-state index in [0.717, 1.165) is 17.3 Å². The van der Waals surface area contributed by atoms with E-state index in [4.69, 9.17) is 0 Å². The fourth-order valence-corrected chi connectivity index (χ4v) is 4.19. The summed E-state index contributed by atoms with van der Waals surface area (Å²) in [6.07, 6.45) is 3.44. The Morgan fingerprint density at radius 3 is 2.86 bits per heavy atom. The lowest BCUT2D eigenvalue weighted by molar-refractivity contribution is -0.119. The predicted octanol–water partition coefficient (Wildman–Crippen LogP) is 2.99. The SMILES string of the molecule is Cn1ccc2cc(C(=O)Nc3ccc4c(c3)C(=O)N3CCCC3C(=O)N4)ccc21. The second-order valence-corrected chi connectivity index (χ2v) is 7.56. The highest BCUT2D eigenvalue weighted by atomic mass is 16.2. The number of rotatable bonds is 2. The number of nitrogens with one attached hydrogen (secondary N) is 2. The van der Waals surface area contributed by atoms with Gasteiger partial charge in [0.25, 0.3) is 11.8 Å². The maximum absolute atomic E-state index is 12.9. The van der Waals surface area contributed by atoms with Crippen LogP contribution in [0.1, 0.15) is 33.6 Å². The predicted molar refractivity (Wildman–Crippen MR) is 110 cm³/mol. The Labute approximate surface area is 167 Å². The second kappa shape index (κ2) is 6.48. The Morgan fingerprint density at radius 1 is 1.14 bits per heavy atom. The molecule has 1 aromatic heterocycles. The number of nitrogens with zero attached hydrogens (tertiary/aromatic N) is 2. The highest BCUT2D eigenvalue weighted by Crippen LogP contribution is 2.30. The number of anilines is 2. The van der Waals surface area contributed by atoms with Gasteiger partial charge in [0.1, 0.15) is 6.04 Å². The first-order valence-electron chi connectivity index (χ1n) is 9.63. The summed E-state index contributed by atoms with van der Waals surface area (Å²) in [6.45, 7) is 0.573. The van der Waals surface area contributed by atoms with Gasteiger partial charge in [-0.2, -0.15) is 0 Å². The number of hydrogen-bond acceptors (Lipinski definition) is 3. The molecule has 0 spiro atoms. The van der Waals surface area contributed by atoms with E-state index < -0.39 is 6.04 Å². The van der Waals surface area contributed by atoms with Crippen LogP contribution in [0.15, 0.2) is 48.7 Å². The zero-order valence-electron chi connectivity index (χ0n) is 15.9. The number of fused-ring (bicyclic) bond motifs is 3. The van der Waals surface area contributed by atoms with Crippen molar-refractivity contribution in [3.8, 4) is 0 Å². The van der Waals surface area contributed by atoms with Crippen LogP contribution in [0.4, 0.5) is 11.4 Å². The van der Waals surface area contributed by atoms with Crippen molar-refractivity contribution in [3.63, 3.8) is 0 Å². The van der Waals surface area contributed by atoms with Gasteiger partial charge in [-0.1, -0.05) is 0 Å². The van der Waals surface area contributed by atoms with Crippen molar-refractivity contribution in [2.24, 2.45) is 7.05 Å². The average Bonchev–Trinajstić information content (AvgIpc) is 3.33. The quantitative estimate of drug-likeness (QED) is 0.708. The number of amides is 3. The fourth-order valence-electron chi connectivity index (χ4n) is 4.19. The molecule has 146 valence electrons. The van der Waals surface area contributed by atoms with Crippen LogP contribution in [-0.2, 0) is 11.8 Å². The summed E-state index contributed by atoms with van der Waals surface area (Å²) in [5, 5.41) is 6.69. The monoisotopic (exact) mass is 388 g/mol. The molecular formula is C22H20N4O3. The van der Waals surface area contributed by atoms with Gasteiger partial charge in [-0.25, -0.2) is 0 Å². The van der Waals surface area contributed by atoms with Crippen molar-refractivity contribution < 1.29 is 14.4 Å². The van der Waals surface area contributed by atoms with Crippen LogP contribution in [0.5, 0.6) is 0 Å². The summed E-state index contributed by atoms with van der Waals surface area (Å²) in [4.78, 5) is 39.7. The van der Waals surface area contributed by atoms with Crippen molar-refractivity contribution in [3.05, 3.63) is 59.8 Å². The van der Waals surface area contributed by atoms with Gasteiger partial charge in [0, 0.05) is 41.9 Å². The van der Waals surface area contributed by atoms with Gasteiger partial charge >= 0.3 is 0 Å². The molecule has 1 atom stereocenters. The minimum atomic E-state index is -0.412. The lowest BCUT2D eigenvalue weighted by Gasteiger charge is -2.20. The highest BCUT2D eigenvalue weighted by molar-refractivity contribution is 6.12. The van der Waals surface area contributed by atoms with Crippen LogP contribution in [-0.4, -0.2) is 39.8 Å². The molecule has 2 aliphatic rings. The molecule has 1 unspecified atom stereocenters. The molecule has 3 aromatic rings. The van der Waals surface area contributed by atoms with Gasteiger partial charge in [0.05, 0.1) is 11.3 Å². The maximum Gasteiger partial charge on any atom is 0.256 e. The number of hydrogen-bond donors (Lipinski definition) is 2. The van der Waals surface area contributed by atoms with Gasteiger partial charge < -0.3 is 20.1 Å². The summed E-state index contributed by atoms with van der Waals surface area (Å²) in [5.41, 5.74) is 2.99. The zero-order chi connectivity index (χ0) is 20.1. The molecule has 5 rings (SSSR count). The Hall–Kier alpha value is -3.61. The molecular weight excluding hydrogens is 368 g/mol. The minimum Gasteiger partial charge on any atom is -0.351 e. The van der Waals surface area contributed by atoms with Crippen LogP contribution in [0.25, 0.3) is 10.9 Å². The number of aromatic nitrogens is 1. The number of carbonyl (C=O) groups excluding carboxylic acids is 3. The van der Waals surface area contributed by atoms with Crippen LogP contribution in [0.2, 0.25) is 0 Å². The summed E-state index contributed by atoms with van der Waals surface area (Å²) in [7, 11) is 1.96. The summed E-state index contributed by atoms with van der Waals surface area (Å²) < 4.78 is 2.00. The van der Waals surface area contributed by atoms with E-state index in [1.807, 2.05) is 36.0 Å². The van der Waals surface area contributed by atoms with Gasteiger partial charge in [-0.05, 0) is 55.3 Å². The number of benzene rings is 2. The third-order valence-electron chi connectivity index (χ3n) is 5.73. The Morgan fingerprint density at radius 2 is 2.00 bits per heavy atom. The van der Waals surface area contributed by atoms with E-state index in [-0.39, 0.29) is 17.7 Å². The molecule has 0 radical (unpaired) electrons. The molecule has 0 bridgehead atoms. The molecule has 0 aliphatic carbocycles. The lowest BCUT2D eigenvalue weighted by Crippen LogP contribution is -2.40. The van der Waals surface area contributed by atoms with Crippen LogP contribution in [0, 0.1) is 0 Å². The van der Waals surface area contributed by atoms with Crippen molar-refractivity contribution in [1.29, 1.82) is 0 Å². The number of aryl methyl sites for hydroxylation is 1. The van der Waals surface area contributed by atoms with E-state index in [0.29, 0.717) is 35.5 Å². The first kappa shape index (κ1) is 17.5. The summed E-state index contributed by atoms with van der Waals surface area (Å²) in [5.74, 6) is -0.579. The molecule has 7 nitrogen and oxygen atoms in total. The van der Waals surface area contributed by atoms with E-state index in [2.05, 4.69) is 10.6 Å². The normalized spacial score (nSPS) is 18.2. The molecule has 3 amide bonds.